The van der Waals surface area contributed by atoms with Gasteiger partial charge < -0.3 is 0 Å². The zero-order valence-electron chi connectivity index (χ0n) is 13.8. The molecule has 0 atom stereocenters. The molecule has 0 saturated carbocycles. The van der Waals surface area contributed by atoms with Crippen molar-refractivity contribution in [3.63, 3.8) is 0 Å². The minimum atomic E-state index is -0.430. The molecule has 0 saturated heterocycles. The largest absolute Gasteiger partial charge is 0.271 e. The Hall–Kier alpha value is -3.00. The number of rotatable bonds is 4. The second-order valence-electron chi connectivity index (χ2n) is 5.48. The van der Waals surface area contributed by atoms with Crippen molar-refractivity contribution in [1.82, 2.24) is 25.6 Å². The van der Waals surface area contributed by atoms with Crippen LogP contribution in [0.5, 0.6) is 0 Å². The zero-order chi connectivity index (χ0) is 17.8. The number of amides is 2. The Bertz CT molecular complexity index is 924. The molecule has 2 amide bonds. The minimum absolute atomic E-state index is 0.0432. The molecule has 0 aliphatic heterocycles. The minimum Gasteiger partial charge on any atom is -0.271 e. The van der Waals surface area contributed by atoms with Crippen LogP contribution in [0.4, 0.5) is 0 Å². The summed E-state index contributed by atoms with van der Waals surface area (Å²) in [7, 11) is 0. The number of para-hydroxylation sites is 1. The van der Waals surface area contributed by atoms with E-state index in [0.29, 0.717) is 0 Å². The van der Waals surface area contributed by atoms with Crippen LogP contribution in [0.25, 0.3) is 16.3 Å². The number of carbonyl (C=O) groups is 2. The smallest absolute Gasteiger partial charge is 0.262 e. The second-order valence-corrected chi connectivity index (χ2v) is 6.54. The maximum atomic E-state index is 11.8. The lowest BCUT2D eigenvalue weighted by molar-refractivity contribution is -0.127. The van der Waals surface area contributed by atoms with Crippen molar-refractivity contribution in [3.05, 3.63) is 52.8 Å². The third-order valence-corrected chi connectivity index (χ3v) is 4.41. The normalized spacial score (nSPS) is 11.1. The van der Waals surface area contributed by atoms with Gasteiger partial charge in [-0.3, -0.25) is 25.1 Å². The molecule has 8 heteroatoms. The Morgan fingerprint density at radius 1 is 1.24 bits per heavy atom. The molecule has 2 heterocycles. The standard InChI is InChI=1S/C17H17N5O2S/c1-11-9-12(2)22(21-11)10-16(24)20-19-15(23)7-8-17-18-13-5-3-4-6-14(13)25-17/h3-9H,10H2,1-2H3,(H,19,23)(H,20,24)/b8-7+. The Kier molecular flexibility index (Phi) is 4.90. The SMILES string of the molecule is Cc1cc(C)n(CC(=O)NNC(=O)/C=C/c2nc3ccccc3s2)n1. The molecule has 0 spiro atoms. The van der Waals surface area contributed by atoms with E-state index in [4.69, 9.17) is 0 Å². The molecule has 7 nitrogen and oxygen atoms in total. The third kappa shape index (κ3) is 4.30. The van der Waals surface area contributed by atoms with Crippen molar-refractivity contribution >= 4 is 39.4 Å². The molecular weight excluding hydrogens is 338 g/mol. The molecule has 2 N–H and O–H groups in total. The van der Waals surface area contributed by atoms with Gasteiger partial charge >= 0.3 is 0 Å². The number of hydrogen-bond acceptors (Lipinski definition) is 5. The molecular formula is C17H17N5O2S. The molecule has 2 aromatic heterocycles. The summed E-state index contributed by atoms with van der Waals surface area (Å²) in [4.78, 5) is 28.1. The van der Waals surface area contributed by atoms with Gasteiger partial charge in [0.1, 0.15) is 11.6 Å². The predicted octanol–water partition coefficient (Wildman–Crippen LogP) is 1.97. The van der Waals surface area contributed by atoms with Gasteiger partial charge in [-0.15, -0.1) is 11.3 Å². The molecule has 1 aromatic carbocycles. The van der Waals surface area contributed by atoms with Crippen molar-refractivity contribution < 1.29 is 9.59 Å². The molecule has 0 fully saturated rings. The van der Waals surface area contributed by atoms with Crippen LogP contribution in [0.2, 0.25) is 0 Å². The highest BCUT2D eigenvalue weighted by Gasteiger charge is 2.07. The van der Waals surface area contributed by atoms with E-state index in [-0.39, 0.29) is 12.5 Å². The van der Waals surface area contributed by atoms with Gasteiger partial charge in [-0.25, -0.2) is 4.98 Å². The summed E-state index contributed by atoms with van der Waals surface area (Å²) in [6.07, 6.45) is 2.95. The van der Waals surface area contributed by atoms with E-state index in [1.807, 2.05) is 44.2 Å². The van der Waals surface area contributed by atoms with Gasteiger partial charge in [-0.1, -0.05) is 12.1 Å². The first kappa shape index (κ1) is 16.8. The summed E-state index contributed by atoms with van der Waals surface area (Å²) in [5, 5.41) is 4.92. The van der Waals surface area contributed by atoms with Gasteiger partial charge in [0.15, 0.2) is 0 Å². The van der Waals surface area contributed by atoms with E-state index in [1.165, 1.54) is 17.4 Å². The lowest BCUT2D eigenvalue weighted by Gasteiger charge is -2.06. The van der Waals surface area contributed by atoms with E-state index in [1.54, 1.807) is 10.8 Å². The van der Waals surface area contributed by atoms with Crippen LogP contribution in [0.1, 0.15) is 16.4 Å². The molecule has 3 aromatic rings. The molecule has 25 heavy (non-hydrogen) atoms. The molecule has 0 radical (unpaired) electrons. The lowest BCUT2D eigenvalue weighted by atomic mass is 10.3. The number of benzene rings is 1. The number of aryl methyl sites for hydroxylation is 2. The maximum absolute atomic E-state index is 11.8. The van der Waals surface area contributed by atoms with Crippen LogP contribution < -0.4 is 10.9 Å². The first-order valence-electron chi connectivity index (χ1n) is 7.65. The summed E-state index contributed by atoms with van der Waals surface area (Å²) in [6, 6.07) is 9.64. The highest BCUT2D eigenvalue weighted by Crippen LogP contribution is 2.22. The number of fused-ring (bicyclic) bond motifs is 1. The van der Waals surface area contributed by atoms with E-state index < -0.39 is 5.91 Å². The average molecular weight is 355 g/mol. The van der Waals surface area contributed by atoms with Crippen molar-refractivity contribution in [1.29, 1.82) is 0 Å². The number of hydrazine groups is 1. The van der Waals surface area contributed by atoms with Gasteiger partial charge in [-0.05, 0) is 38.1 Å². The fourth-order valence-corrected chi connectivity index (χ4v) is 3.16. The van der Waals surface area contributed by atoms with E-state index in [2.05, 4.69) is 20.9 Å². The molecule has 0 aliphatic rings. The molecule has 0 aliphatic carbocycles. The Morgan fingerprint density at radius 2 is 2.04 bits per heavy atom. The number of nitrogens with one attached hydrogen (secondary N) is 2. The van der Waals surface area contributed by atoms with Crippen molar-refractivity contribution in [2.75, 3.05) is 0 Å². The second kappa shape index (κ2) is 7.27. The van der Waals surface area contributed by atoms with Crippen molar-refractivity contribution in [2.24, 2.45) is 0 Å². The topological polar surface area (TPSA) is 88.9 Å². The first-order chi connectivity index (χ1) is 12.0. The van der Waals surface area contributed by atoms with Gasteiger partial charge in [0.2, 0.25) is 0 Å². The van der Waals surface area contributed by atoms with Crippen molar-refractivity contribution in [2.45, 2.75) is 20.4 Å². The van der Waals surface area contributed by atoms with Gasteiger partial charge in [0, 0.05) is 11.8 Å². The van der Waals surface area contributed by atoms with E-state index in [9.17, 15) is 9.59 Å². The van der Waals surface area contributed by atoms with Gasteiger partial charge in [0.25, 0.3) is 11.8 Å². The van der Waals surface area contributed by atoms with Gasteiger partial charge in [0.05, 0.1) is 15.9 Å². The highest BCUT2D eigenvalue weighted by atomic mass is 32.1. The van der Waals surface area contributed by atoms with Crippen LogP contribution in [0, 0.1) is 13.8 Å². The predicted molar refractivity (Wildman–Crippen MR) is 96.6 cm³/mol. The quantitative estimate of drug-likeness (QED) is 0.553. The molecule has 0 unspecified atom stereocenters. The van der Waals surface area contributed by atoms with Gasteiger partial charge in [-0.2, -0.15) is 5.10 Å². The zero-order valence-corrected chi connectivity index (χ0v) is 14.6. The first-order valence-corrected chi connectivity index (χ1v) is 8.46. The average Bonchev–Trinajstić information content (AvgIpc) is 3.13. The van der Waals surface area contributed by atoms with E-state index in [0.717, 1.165) is 26.6 Å². The number of carbonyl (C=O) groups excluding carboxylic acids is 2. The van der Waals surface area contributed by atoms with Crippen LogP contribution in [0.3, 0.4) is 0 Å². The van der Waals surface area contributed by atoms with Crippen LogP contribution in [0.15, 0.2) is 36.4 Å². The monoisotopic (exact) mass is 355 g/mol. The fourth-order valence-electron chi connectivity index (χ4n) is 2.29. The number of thiazole rings is 1. The number of nitrogens with zero attached hydrogens (tertiary/aromatic N) is 3. The van der Waals surface area contributed by atoms with Crippen molar-refractivity contribution in [3.8, 4) is 0 Å². The molecule has 128 valence electrons. The fraction of sp³-hybridized carbons (Fsp3) is 0.176. The van der Waals surface area contributed by atoms with Crippen LogP contribution >= 0.6 is 11.3 Å². The summed E-state index contributed by atoms with van der Waals surface area (Å²) < 4.78 is 2.63. The maximum Gasteiger partial charge on any atom is 0.262 e. The van der Waals surface area contributed by atoms with Crippen LogP contribution in [-0.4, -0.2) is 26.6 Å². The molecule has 0 bridgehead atoms. The van der Waals surface area contributed by atoms with E-state index >= 15 is 0 Å². The number of hydrogen-bond donors (Lipinski definition) is 2. The number of aromatic nitrogens is 3. The Morgan fingerprint density at radius 3 is 2.76 bits per heavy atom. The summed E-state index contributed by atoms with van der Waals surface area (Å²) in [6.45, 7) is 3.77. The molecule has 3 rings (SSSR count). The summed E-state index contributed by atoms with van der Waals surface area (Å²) in [5.74, 6) is -0.783. The highest BCUT2D eigenvalue weighted by molar-refractivity contribution is 7.19. The summed E-state index contributed by atoms with van der Waals surface area (Å²) >= 11 is 1.49. The third-order valence-electron chi connectivity index (χ3n) is 3.41. The Labute approximate surface area is 148 Å². The summed E-state index contributed by atoms with van der Waals surface area (Å²) in [5.41, 5.74) is 7.33. The lowest BCUT2D eigenvalue weighted by Crippen LogP contribution is -2.42. The Balaban J connectivity index is 1.52. The van der Waals surface area contributed by atoms with Crippen LogP contribution in [-0.2, 0) is 16.1 Å².